The third-order valence-electron chi connectivity index (χ3n) is 1.61. The summed E-state index contributed by atoms with van der Waals surface area (Å²) in [5, 5.41) is 0. The van der Waals surface area contributed by atoms with Crippen molar-refractivity contribution in [2.24, 2.45) is 0 Å². The minimum Gasteiger partial charge on any atom is -0.369 e. The van der Waals surface area contributed by atoms with Gasteiger partial charge in [-0.15, -0.1) is 0 Å². The zero-order valence-corrected chi connectivity index (χ0v) is 7.87. The summed E-state index contributed by atoms with van der Waals surface area (Å²) < 4.78 is 100. The summed E-state index contributed by atoms with van der Waals surface area (Å²) in [6, 6.07) is 0. The van der Waals surface area contributed by atoms with E-state index in [-0.39, 0.29) is 0 Å². The topological polar surface area (TPSA) is 9.23 Å². The predicted octanol–water partition coefficient (Wildman–Crippen LogP) is 3.19. The van der Waals surface area contributed by atoms with Gasteiger partial charge in [0.15, 0.2) is 12.3 Å². The number of rotatable bonds is 5. The molecule has 2 atom stereocenters. The standard InChI is InChI=1S/C7H8F8O/c1-2-16-4(3(8)5(9)10)6(11,12)7(13,14)15/h3-5H,2H2,1H3. The van der Waals surface area contributed by atoms with Gasteiger partial charge in [0, 0.05) is 6.61 Å². The molecule has 0 bridgehead atoms. The molecule has 0 aliphatic rings. The van der Waals surface area contributed by atoms with Crippen LogP contribution in [0, 0.1) is 0 Å². The summed E-state index contributed by atoms with van der Waals surface area (Å²) in [6.45, 7) is 0.237. The third-order valence-corrected chi connectivity index (χ3v) is 1.61. The van der Waals surface area contributed by atoms with E-state index in [9.17, 15) is 35.1 Å². The first kappa shape index (κ1) is 15.4. The Kier molecular flexibility index (Phi) is 4.96. The molecule has 0 heterocycles. The lowest BCUT2D eigenvalue weighted by Gasteiger charge is -2.30. The zero-order valence-electron chi connectivity index (χ0n) is 7.87. The highest BCUT2D eigenvalue weighted by atomic mass is 19.4. The number of hydrogen-bond acceptors (Lipinski definition) is 1. The van der Waals surface area contributed by atoms with Crippen molar-refractivity contribution in [3.8, 4) is 0 Å². The van der Waals surface area contributed by atoms with Crippen LogP contribution < -0.4 is 0 Å². The van der Waals surface area contributed by atoms with Crippen molar-refractivity contribution < 1.29 is 39.9 Å². The Morgan fingerprint density at radius 3 is 1.69 bits per heavy atom. The maximum Gasteiger partial charge on any atom is 0.456 e. The molecule has 0 amide bonds. The summed E-state index contributed by atoms with van der Waals surface area (Å²) in [5.74, 6) is -5.67. The monoisotopic (exact) mass is 260 g/mol. The highest BCUT2D eigenvalue weighted by Crippen LogP contribution is 2.41. The summed E-state index contributed by atoms with van der Waals surface area (Å²) in [5.41, 5.74) is 0. The van der Waals surface area contributed by atoms with Gasteiger partial charge in [0.2, 0.25) is 0 Å². The van der Waals surface area contributed by atoms with Crippen molar-refractivity contribution in [2.75, 3.05) is 6.61 Å². The Morgan fingerprint density at radius 1 is 1.00 bits per heavy atom. The van der Waals surface area contributed by atoms with E-state index in [4.69, 9.17) is 0 Å². The average Bonchev–Trinajstić information content (AvgIpc) is 2.10. The van der Waals surface area contributed by atoms with Crippen LogP contribution in [0.1, 0.15) is 6.92 Å². The quantitative estimate of drug-likeness (QED) is 0.690. The molecule has 0 saturated carbocycles. The van der Waals surface area contributed by atoms with E-state index in [2.05, 4.69) is 4.74 Å². The first-order chi connectivity index (χ1) is 7.05. The maximum absolute atomic E-state index is 12.6. The molecule has 0 aliphatic heterocycles. The van der Waals surface area contributed by atoms with Crippen LogP contribution in [0.5, 0.6) is 0 Å². The largest absolute Gasteiger partial charge is 0.456 e. The normalized spacial score (nSPS) is 17.6. The van der Waals surface area contributed by atoms with Crippen LogP contribution in [0.3, 0.4) is 0 Å². The SMILES string of the molecule is CCOC(C(F)C(F)F)C(F)(F)C(F)(F)F. The van der Waals surface area contributed by atoms with E-state index < -0.39 is 37.4 Å². The average molecular weight is 260 g/mol. The fraction of sp³-hybridized carbons (Fsp3) is 1.00. The molecule has 0 fully saturated rings. The predicted molar refractivity (Wildman–Crippen MR) is 37.3 cm³/mol. The molecule has 16 heavy (non-hydrogen) atoms. The fourth-order valence-electron chi connectivity index (χ4n) is 0.870. The molecule has 9 heteroatoms. The lowest BCUT2D eigenvalue weighted by Crippen LogP contribution is -2.54. The molecule has 2 unspecified atom stereocenters. The second-order valence-electron chi connectivity index (χ2n) is 2.78. The Morgan fingerprint density at radius 2 is 1.44 bits per heavy atom. The minimum atomic E-state index is -6.15. The second kappa shape index (κ2) is 5.15. The first-order valence-corrected chi connectivity index (χ1v) is 4.04. The smallest absolute Gasteiger partial charge is 0.369 e. The fourth-order valence-corrected chi connectivity index (χ4v) is 0.870. The van der Waals surface area contributed by atoms with Crippen LogP contribution in [-0.4, -0.2) is 37.4 Å². The molecule has 0 N–H and O–H groups in total. The molecule has 98 valence electrons. The summed E-state index contributed by atoms with van der Waals surface area (Å²) in [4.78, 5) is 0. The lowest BCUT2D eigenvalue weighted by atomic mass is 10.1. The van der Waals surface area contributed by atoms with Gasteiger partial charge < -0.3 is 4.74 Å². The van der Waals surface area contributed by atoms with Crippen molar-refractivity contribution in [3.63, 3.8) is 0 Å². The van der Waals surface area contributed by atoms with E-state index in [1.807, 2.05) is 0 Å². The molecular weight excluding hydrogens is 252 g/mol. The number of halogens is 8. The van der Waals surface area contributed by atoms with E-state index in [0.29, 0.717) is 0 Å². The molecule has 1 nitrogen and oxygen atoms in total. The number of alkyl halides is 8. The highest BCUT2D eigenvalue weighted by Gasteiger charge is 2.66. The van der Waals surface area contributed by atoms with Gasteiger partial charge in [-0.2, -0.15) is 22.0 Å². The van der Waals surface area contributed by atoms with Gasteiger partial charge in [-0.05, 0) is 6.92 Å². The van der Waals surface area contributed by atoms with Crippen LogP contribution >= 0.6 is 0 Å². The Hall–Kier alpha value is -0.600. The van der Waals surface area contributed by atoms with Gasteiger partial charge in [0.1, 0.15) is 0 Å². The van der Waals surface area contributed by atoms with Crippen LogP contribution in [0.25, 0.3) is 0 Å². The molecule has 0 rings (SSSR count). The molecule has 0 aromatic carbocycles. The number of hydrogen-bond donors (Lipinski definition) is 0. The molecule has 0 aromatic heterocycles. The van der Waals surface area contributed by atoms with Gasteiger partial charge in [0.05, 0.1) is 0 Å². The maximum atomic E-state index is 12.6. The van der Waals surface area contributed by atoms with E-state index >= 15 is 0 Å². The van der Waals surface area contributed by atoms with Gasteiger partial charge in [-0.1, -0.05) is 0 Å². The summed E-state index contributed by atoms with van der Waals surface area (Å²) in [6.07, 6.45) is -17.4. The van der Waals surface area contributed by atoms with E-state index in [0.717, 1.165) is 6.92 Å². The van der Waals surface area contributed by atoms with Gasteiger partial charge in [-0.3, -0.25) is 0 Å². The van der Waals surface area contributed by atoms with Gasteiger partial charge >= 0.3 is 12.1 Å². The van der Waals surface area contributed by atoms with Gasteiger partial charge in [0.25, 0.3) is 6.43 Å². The lowest BCUT2D eigenvalue weighted by molar-refractivity contribution is -0.329. The molecule has 0 radical (unpaired) electrons. The zero-order chi connectivity index (χ0) is 13.1. The molecule has 0 aliphatic carbocycles. The van der Waals surface area contributed by atoms with E-state index in [1.54, 1.807) is 0 Å². The number of ether oxygens (including phenoxy) is 1. The van der Waals surface area contributed by atoms with E-state index in [1.165, 1.54) is 0 Å². The Labute approximate surface area is 85.4 Å². The summed E-state index contributed by atoms with van der Waals surface area (Å²) in [7, 11) is 0. The first-order valence-electron chi connectivity index (χ1n) is 4.04. The minimum absolute atomic E-state index is 0.747. The van der Waals surface area contributed by atoms with Crippen molar-refractivity contribution in [1.82, 2.24) is 0 Å². The molecule has 0 saturated heterocycles. The second-order valence-corrected chi connectivity index (χ2v) is 2.78. The van der Waals surface area contributed by atoms with Crippen LogP contribution in [0.15, 0.2) is 0 Å². The van der Waals surface area contributed by atoms with Crippen molar-refractivity contribution >= 4 is 0 Å². The molecular formula is C7H8F8O. The van der Waals surface area contributed by atoms with Crippen molar-refractivity contribution in [2.45, 2.75) is 37.7 Å². The Balaban J connectivity index is 5.04. The van der Waals surface area contributed by atoms with Gasteiger partial charge in [-0.25, -0.2) is 13.2 Å². The molecule has 0 spiro atoms. The van der Waals surface area contributed by atoms with Crippen molar-refractivity contribution in [3.05, 3.63) is 0 Å². The van der Waals surface area contributed by atoms with Crippen LogP contribution in [0.2, 0.25) is 0 Å². The van der Waals surface area contributed by atoms with Crippen LogP contribution in [-0.2, 0) is 4.74 Å². The Bertz CT molecular complexity index is 213. The summed E-state index contributed by atoms with van der Waals surface area (Å²) >= 11 is 0. The third kappa shape index (κ3) is 3.19. The molecule has 0 aromatic rings. The highest BCUT2D eigenvalue weighted by molar-refractivity contribution is 4.91. The van der Waals surface area contributed by atoms with Crippen molar-refractivity contribution in [1.29, 1.82) is 0 Å². The van der Waals surface area contributed by atoms with Crippen LogP contribution in [0.4, 0.5) is 35.1 Å².